The molecule has 1 heterocycles. The predicted molar refractivity (Wildman–Crippen MR) is 123 cm³/mol. The Labute approximate surface area is 185 Å². The third-order valence-electron chi connectivity index (χ3n) is 5.89. The van der Waals surface area contributed by atoms with E-state index in [9.17, 15) is 4.79 Å². The van der Waals surface area contributed by atoms with Crippen LogP contribution >= 0.6 is 24.0 Å². The van der Waals surface area contributed by atoms with Gasteiger partial charge in [-0.2, -0.15) is 0 Å². The average molecular weight is 502 g/mol. The third-order valence-corrected chi connectivity index (χ3v) is 5.89. The topological polar surface area (TPSA) is 78.7 Å². The molecule has 3 rings (SSSR count). The molecule has 2 aliphatic carbocycles. The molecule has 0 aromatic carbocycles. The van der Waals surface area contributed by atoms with E-state index in [0.717, 1.165) is 36.5 Å². The number of fused-ring (bicyclic) bond motifs is 2. The SMILES string of the molecule is CCNC(=O)C(C)(C)CN=C(NCCc1ccco1)NC1CC2CCC1C2.I. The van der Waals surface area contributed by atoms with Gasteiger partial charge in [-0.1, -0.05) is 6.42 Å². The second-order valence-corrected chi connectivity index (χ2v) is 8.59. The van der Waals surface area contributed by atoms with Crippen LogP contribution in [0.1, 0.15) is 52.2 Å². The maximum Gasteiger partial charge on any atom is 0.227 e. The van der Waals surface area contributed by atoms with Gasteiger partial charge >= 0.3 is 0 Å². The van der Waals surface area contributed by atoms with Crippen molar-refractivity contribution in [1.29, 1.82) is 0 Å². The molecule has 158 valence electrons. The first kappa shape index (κ1) is 23.0. The number of guanidine groups is 1. The second-order valence-electron chi connectivity index (χ2n) is 8.59. The lowest BCUT2D eigenvalue weighted by Gasteiger charge is -2.26. The molecule has 2 bridgehead atoms. The van der Waals surface area contributed by atoms with E-state index in [1.54, 1.807) is 6.26 Å². The fourth-order valence-electron chi connectivity index (χ4n) is 4.26. The van der Waals surface area contributed by atoms with Crippen LogP contribution in [-0.2, 0) is 11.2 Å². The Kier molecular flexibility index (Phi) is 8.64. The van der Waals surface area contributed by atoms with E-state index in [1.165, 1.54) is 25.7 Å². The molecule has 2 saturated carbocycles. The molecule has 1 aromatic heterocycles. The highest BCUT2D eigenvalue weighted by atomic mass is 127. The number of nitrogens with one attached hydrogen (secondary N) is 3. The van der Waals surface area contributed by atoms with Crippen molar-refractivity contribution >= 4 is 35.8 Å². The van der Waals surface area contributed by atoms with Crippen LogP contribution in [0.5, 0.6) is 0 Å². The molecule has 0 radical (unpaired) electrons. The van der Waals surface area contributed by atoms with E-state index < -0.39 is 5.41 Å². The van der Waals surface area contributed by atoms with Crippen LogP contribution in [0.25, 0.3) is 0 Å². The minimum Gasteiger partial charge on any atom is -0.469 e. The van der Waals surface area contributed by atoms with Gasteiger partial charge in [-0.25, -0.2) is 0 Å². The molecule has 3 atom stereocenters. The number of furan rings is 1. The summed E-state index contributed by atoms with van der Waals surface area (Å²) in [7, 11) is 0. The standard InChI is InChI=1S/C21H34N4O2.HI/c1-4-22-19(26)21(2,3)14-24-20(23-10-9-17-6-5-11-27-17)25-18-13-15-7-8-16(18)12-15;/h5-6,11,15-16,18H,4,7-10,12-14H2,1-3H3,(H,22,26)(H2,23,24,25);1H. The van der Waals surface area contributed by atoms with Gasteiger partial charge in [-0.3, -0.25) is 9.79 Å². The fourth-order valence-corrected chi connectivity index (χ4v) is 4.26. The van der Waals surface area contributed by atoms with Crippen LogP contribution in [0.4, 0.5) is 0 Å². The number of carbonyl (C=O) groups excluding carboxylic acids is 1. The lowest BCUT2D eigenvalue weighted by Crippen LogP contribution is -2.47. The largest absolute Gasteiger partial charge is 0.469 e. The summed E-state index contributed by atoms with van der Waals surface area (Å²) in [4.78, 5) is 17.0. The molecule has 0 saturated heterocycles. The number of amides is 1. The van der Waals surface area contributed by atoms with E-state index in [0.29, 0.717) is 19.1 Å². The first-order chi connectivity index (χ1) is 13.0. The van der Waals surface area contributed by atoms with Crippen molar-refractivity contribution in [2.24, 2.45) is 22.2 Å². The minimum atomic E-state index is -0.527. The molecule has 2 fully saturated rings. The van der Waals surface area contributed by atoms with E-state index in [-0.39, 0.29) is 29.9 Å². The molecule has 1 aromatic rings. The van der Waals surface area contributed by atoms with Crippen LogP contribution < -0.4 is 16.0 Å². The minimum absolute atomic E-state index is 0. The summed E-state index contributed by atoms with van der Waals surface area (Å²) >= 11 is 0. The van der Waals surface area contributed by atoms with Crippen molar-refractivity contribution < 1.29 is 9.21 Å². The average Bonchev–Trinajstić information content (AvgIpc) is 3.38. The second kappa shape index (κ2) is 10.5. The van der Waals surface area contributed by atoms with Crippen molar-refractivity contribution in [3.05, 3.63) is 24.2 Å². The molecular formula is C21H35IN4O2. The number of aliphatic imine (C=N–C) groups is 1. The first-order valence-corrected chi connectivity index (χ1v) is 10.3. The molecule has 3 unspecified atom stereocenters. The van der Waals surface area contributed by atoms with Gasteiger partial charge in [0.15, 0.2) is 5.96 Å². The molecule has 6 nitrogen and oxygen atoms in total. The van der Waals surface area contributed by atoms with Crippen LogP contribution in [0.2, 0.25) is 0 Å². The molecule has 7 heteroatoms. The monoisotopic (exact) mass is 502 g/mol. The van der Waals surface area contributed by atoms with Gasteiger partial charge in [0.05, 0.1) is 18.2 Å². The van der Waals surface area contributed by atoms with E-state index in [1.807, 2.05) is 32.9 Å². The van der Waals surface area contributed by atoms with Crippen LogP contribution in [0, 0.1) is 17.3 Å². The number of rotatable bonds is 8. The summed E-state index contributed by atoms with van der Waals surface area (Å²) in [6.45, 7) is 7.68. The maximum absolute atomic E-state index is 12.3. The van der Waals surface area contributed by atoms with Gasteiger partial charge in [-0.15, -0.1) is 24.0 Å². The highest BCUT2D eigenvalue weighted by Gasteiger charge is 2.40. The van der Waals surface area contributed by atoms with Crippen LogP contribution in [-0.4, -0.2) is 37.5 Å². The summed E-state index contributed by atoms with van der Waals surface area (Å²) in [6, 6.07) is 4.40. The van der Waals surface area contributed by atoms with Gasteiger partial charge < -0.3 is 20.4 Å². The van der Waals surface area contributed by atoms with Crippen molar-refractivity contribution in [3.8, 4) is 0 Å². The lowest BCUT2D eigenvalue weighted by molar-refractivity contribution is -0.128. The Hall–Kier alpha value is -1.25. The molecule has 0 aliphatic heterocycles. The van der Waals surface area contributed by atoms with Crippen molar-refractivity contribution in [2.75, 3.05) is 19.6 Å². The maximum atomic E-state index is 12.3. The Bertz CT molecular complexity index is 645. The Morgan fingerprint density at radius 2 is 2.11 bits per heavy atom. The molecule has 2 aliphatic rings. The normalized spacial score (nSPS) is 24.0. The van der Waals surface area contributed by atoms with Gasteiger partial charge in [0.2, 0.25) is 5.91 Å². The zero-order valence-electron chi connectivity index (χ0n) is 17.3. The Balaban J connectivity index is 0.00000280. The van der Waals surface area contributed by atoms with Crippen LogP contribution in [0.15, 0.2) is 27.8 Å². The summed E-state index contributed by atoms with van der Waals surface area (Å²) < 4.78 is 5.41. The highest BCUT2D eigenvalue weighted by Crippen LogP contribution is 2.44. The zero-order chi connectivity index (χ0) is 19.3. The van der Waals surface area contributed by atoms with Crippen LogP contribution in [0.3, 0.4) is 0 Å². The van der Waals surface area contributed by atoms with Gasteiger partial charge in [-0.05, 0) is 64.0 Å². The molecule has 3 N–H and O–H groups in total. The number of nitrogens with zero attached hydrogens (tertiary/aromatic N) is 1. The van der Waals surface area contributed by atoms with Gasteiger partial charge in [0, 0.05) is 25.6 Å². The summed E-state index contributed by atoms with van der Waals surface area (Å²) in [5, 5.41) is 9.99. The molecule has 0 spiro atoms. The molecule has 1 amide bonds. The van der Waals surface area contributed by atoms with E-state index in [4.69, 9.17) is 9.41 Å². The predicted octanol–water partition coefficient (Wildman–Crippen LogP) is 3.33. The highest BCUT2D eigenvalue weighted by molar-refractivity contribution is 14.0. The fraction of sp³-hybridized carbons (Fsp3) is 0.714. The van der Waals surface area contributed by atoms with E-state index in [2.05, 4.69) is 16.0 Å². The lowest BCUT2D eigenvalue weighted by atomic mass is 9.92. The summed E-state index contributed by atoms with van der Waals surface area (Å²) in [5.41, 5.74) is -0.527. The smallest absolute Gasteiger partial charge is 0.227 e. The van der Waals surface area contributed by atoms with Crippen molar-refractivity contribution in [2.45, 2.75) is 58.9 Å². The number of hydrogen-bond acceptors (Lipinski definition) is 3. The Morgan fingerprint density at radius 1 is 1.29 bits per heavy atom. The summed E-state index contributed by atoms with van der Waals surface area (Å²) in [6.07, 6.45) is 7.81. The molecular weight excluding hydrogens is 467 g/mol. The Morgan fingerprint density at radius 3 is 2.71 bits per heavy atom. The molecule has 28 heavy (non-hydrogen) atoms. The number of hydrogen-bond donors (Lipinski definition) is 3. The van der Waals surface area contributed by atoms with Crippen molar-refractivity contribution in [1.82, 2.24) is 16.0 Å². The quantitative estimate of drug-likeness (QED) is 0.290. The summed E-state index contributed by atoms with van der Waals surface area (Å²) in [5.74, 6) is 3.47. The first-order valence-electron chi connectivity index (χ1n) is 10.3. The third kappa shape index (κ3) is 6.12. The zero-order valence-corrected chi connectivity index (χ0v) is 19.6. The van der Waals surface area contributed by atoms with Gasteiger partial charge in [0.1, 0.15) is 5.76 Å². The van der Waals surface area contributed by atoms with Gasteiger partial charge in [0.25, 0.3) is 0 Å². The van der Waals surface area contributed by atoms with E-state index >= 15 is 0 Å². The number of halogens is 1. The number of carbonyl (C=O) groups is 1. The van der Waals surface area contributed by atoms with Crippen molar-refractivity contribution in [3.63, 3.8) is 0 Å².